The van der Waals surface area contributed by atoms with Gasteiger partial charge in [0.15, 0.2) is 5.82 Å². The largest absolute Gasteiger partial charge is 0.477 e. The molecule has 0 saturated heterocycles. The van der Waals surface area contributed by atoms with E-state index in [1.165, 1.54) is 6.39 Å². The van der Waals surface area contributed by atoms with Gasteiger partial charge in [0.1, 0.15) is 5.69 Å². The standard InChI is InChI=1S/C20H25N7O2/c1-5-28-20-14(7-6-8-22-20)15-9-16(23-10-17-24-11-29-27-17)19(25-12(2)3)18(26-15)13(4)21/h6-9,11-12,21,25H,5,10H2,1-4H3,(H,23,26). The lowest BCUT2D eigenvalue weighted by molar-refractivity contribution is 0.328. The summed E-state index contributed by atoms with van der Waals surface area (Å²) in [6.45, 7) is 8.56. The molecule has 0 bridgehead atoms. The van der Waals surface area contributed by atoms with Crippen LogP contribution >= 0.6 is 0 Å². The Morgan fingerprint density at radius 3 is 2.79 bits per heavy atom. The van der Waals surface area contributed by atoms with Crippen molar-refractivity contribution in [3.63, 3.8) is 0 Å². The van der Waals surface area contributed by atoms with Crippen LogP contribution in [-0.2, 0) is 6.54 Å². The van der Waals surface area contributed by atoms with Gasteiger partial charge in [-0.3, -0.25) is 0 Å². The third-order valence-corrected chi connectivity index (χ3v) is 3.98. The molecule has 3 aromatic rings. The van der Waals surface area contributed by atoms with E-state index >= 15 is 0 Å². The molecule has 3 heterocycles. The van der Waals surface area contributed by atoms with Gasteiger partial charge >= 0.3 is 0 Å². The van der Waals surface area contributed by atoms with Crippen molar-refractivity contribution in [1.82, 2.24) is 20.1 Å². The predicted octanol–water partition coefficient (Wildman–Crippen LogP) is 3.75. The summed E-state index contributed by atoms with van der Waals surface area (Å²) >= 11 is 0. The first-order chi connectivity index (χ1) is 14.0. The Hall–Kier alpha value is -3.49. The second kappa shape index (κ2) is 9.13. The van der Waals surface area contributed by atoms with Crippen LogP contribution in [0.2, 0.25) is 0 Å². The van der Waals surface area contributed by atoms with E-state index in [9.17, 15) is 0 Å². The van der Waals surface area contributed by atoms with Gasteiger partial charge in [-0.15, -0.1) is 0 Å². The molecular weight excluding hydrogens is 370 g/mol. The van der Waals surface area contributed by atoms with Gasteiger partial charge in [0.25, 0.3) is 0 Å². The van der Waals surface area contributed by atoms with Crippen molar-refractivity contribution in [2.75, 3.05) is 17.2 Å². The van der Waals surface area contributed by atoms with E-state index in [4.69, 9.17) is 19.7 Å². The summed E-state index contributed by atoms with van der Waals surface area (Å²) in [6, 6.07) is 5.81. The van der Waals surface area contributed by atoms with Crippen molar-refractivity contribution in [1.29, 1.82) is 5.41 Å². The smallest absolute Gasteiger partial charge is 0.222 e. The maximum absolute atomic E-state index is 8.27. The third kappa shape index (κ3) is 4.87. The molecule has 3 N–H and O–H groups in total. The fourth-order valence-electron chi connectivity index (χ4n) is 2.81. The molecule has 0 spiro atoms. The Morgan fingerprint density at radius 1 is 1.31 bits per heavy atom. The van der Waals surface area contributed by atoms with Gasteiger partial charge in [0.05, 0.1) is 41.5 Å². The van der Waals surface area contributed by atoms with Crippen LogP contribution in [0, 0.1) is 5.41 Å². The van der Waals surface area contributed by atoms with E-state index in [1.54, 1.807) is 13.1 Å². The molecule has 0 saturated carbocycles. The van der Waals surface area contributed by atoms with Crippen molar-refractivity contribution in [2.24, 2.45) is 0 Å². The zero-order valence-corrected chi connectivity index (χ0v) is 17.0. The van der Waals surface area contributed by atoms with Crippen LogP contribution in [0.25, 0.3) is 11.3 Å². The van der Waals surface area contributed by atoms with E-state index in [1.807, 2.05) is 39.0 Å². The fraction of sp³-hybridized carbons (Fsp3) is 0.350. The minimum Gasteiger partial charge on any atom is -0.477 e. The van der Waals surface area contributed by atoms with Crippen LogP contribution in [0.15, 0.2) is 35.3 Å². The van der Waals surface area contributed by atoms with Crippen LogP contribution in [0.5, 0.6) is 5.88 Å². The van der Waals surface area contributed by atoms with E-state index in [0.29, 0.717) is 42.0 Å². The Bertz CT molecular complexity index is 971. The number of pyridine rings is 2. The Balaban J connectivity index is 2.11. The van der Waals surface area contributed by atoms with E-state index in [0.717, 1.165) is 16.9 Å². The molecule has 152 valence electrons. The minimum absolute atomic E-state index is 0.156. The number of rotatable bonds is 9. The van der Waals surface area contributed by atoms with Gasteiger partial charge in [-0.1, -0.05) is 5.16 Å². The van der Waals surface area contributed by atoms with Crippen molar-refractivity contribution in [2.45, 2.75) is 40.3 Å². The number of hydrogen-bond donors (Lipinski definition) is 3. The van der Waals surface area contributed by atoms with Crippen LogP contribution in [0.4, 0.5) is 11.4 Å². The first kappa shape index (κ1) is 20.2. The number of anilines is 2. The summed E-state index contributed by atoms with van der Waals surface area (Å²) in [5.74, 6) is 1.04. The van der Waals surface area contributed by atoms with Crippen LogP contribution < -0.4 is 15.4 Å². The van der Waals surface area contributed by atoms with Crippen LogP contribution in [-0.4, -0.2) is 38.5 Å². The summed E-state index contributed by atoms with van der Waals surface area (Å²) in [4.78, 5) is 13.1. The van der Waals surface area contributed by atoms with E-state index in [-0.39, 0.29) is 6.04 Å². The van der Waals surface area contributed by atoms with Gasteiger partial charge in [0, 0.05) is 12.2 Å². The maximum Gasteiger partial charge on any atom is 0.222 e. The summed E-state index contributed by atoms with van der Waals surface area (Å²) in [7, 11) is 0. The van der Waals surface area contributed by atoms with Crippen molar-refractivity contribution in [3.05, 3.63) is 42.3 Å². The molecule has 3 aromatic heterocycles. The zero-order chi connectivity index (χ0) is 20.8. The number of hydrogen-bond acceptors (Lipinski definition) is 9. The Morgan fingerprint density at radius 2 is 2.14 bits per heavy atom. The molecule has 0 atom stereocenters. The monoisotopic (exact) mass is 395 g/mol. The topological polar surface area (TPSA) is 122 Å². The number of nitrogens with one attached hydrogen (secondary N) is 3. The first-order valence-electron chi connectivity index (χ1n) is 9.44. The number of nitrogens with zero attached hydrogens (tertiary/aromatic N) is 4. The van der Waals surface area contributed by atoms with Crippen molar-refractivity contribution >= 4 is 17.1 Å². The average Bonchev–Trinajstić information content (AvgIpc) is 3.21. The Kier molecular flexibility index (Phi) is 6.38. The van der Waals surface area contributed by atoms with Gasteiger partial charge in [0.2, 0.25) is 12.3 Å². The molecule has 0 aliphatic carbocycles. The summed E-state index contributed by atoms with van der Waals surface area (Å²) in [5, 5.41) is 18.8. The van der Waals surface area contributed by atoms with Gasteiger partial charge in [-0.25, -0.2) is 9.97 Å². The molecule has 29 heavy (non-hydrogen) atoms. The van der Waals surface area contributed by atoms with Gasteiger partial charge in [-0.2, -0.15) is 4.98 Å². The highest BCUT2D eigenvalue weighted by Crippen LogP contribution is 2.34. The second-order valence-electron chi connectivity index (χ2n) is 6.69. The second-order valence-corrected chi connectivity index (χ2v) is 6.69. The van der Waals surface area contributed by atoms with Crippen molar-refractivity contribution < 1.29 is 9.26 Å². The quantitative estimate of drug-likeness (QED) is 0.468. The molecule has 0 amide bonds. The highest BCUT2D eigenvalue weighted by molar-refractivity contribution is 6.03. The molecule has 0 unspecified atom stereocenters. The molecule has 0 aromatic carbocycles. The van der Waals surface area contributed by atoms with Crippen molar-refractivity contribution in [3.8, 4) is 17.1 Å². The molecule has 0 aliphatic rings. The molecule has 0 fully saturated rings. The highest BCUT2D eigenvalue weighted by Gasteiger charge is 2.18. The molecule has 3 rings (SSSR count). The number of ether oxygens (including phenoxy) is 1. The highest BCUT2D eigenvalue weighted by atomic mass is 16.5. The lowest BCUT2D eigenvalue weighted by Gasteiger charge is -2.20. The summed E-state index contributed by atoms with van der Waals surface area (Å²) in [5.41, 5.74) is 3.85. The van der Waals surface area contributed by atoms with E-state index in [2.05, 4.69) is 25.8 Å². The molecule has 0 aliphatic heterocycles. The molecule has 9 nitrogen and oxygen atoms in total. The zero-order valence-electron chi connectivity index (χ0n) is 17.0. The number of aromatic nitrogens is 4. The lowest BCUT2D eigenvalue weighted by atomic mass is 10.1. The average molecular weight is 395 g/mol. The lowest BCUT2D eigenvalue weighted by Crippen LogP contribution is -2.17. The minimum atomic E-state index is 0.156. The molecule has 9 heteroatoms. The third-order valence-electron chi connectivity index (χ3n) is 3.98. The van der Waals surface area contributed by atoms with Gasteiger partial charge < -0.3 is 25.3 Å². The van der Waals surface area contributed by atoms with Crippen LogP contribution in [0.1, 0.15) is 39.2 Å². The fourth-order valence-corrected chi connectivity index (χ4v) is 2.81. The Labute approximate surface area is 169 Å². The van der Waals surface area contributed by atoms with Crippen LogP contribution in [0.3, 0.4) is 0 Å². The molecule has 0 radical (unpaired) electrons. The summed E-state index contributed by atoms with van der Waals surface area (Å²) in [6.07, 6.45) is 2.97. The normalized spacial score (nSPS) is 10.8. The summed E-state index contributed by atoms with van der Waals surface area (Å²) < 4.78 is 10.5. The van der Waals surface area contributed by atoms with E-state index < -0.39 is 0 Å². The first-order valence-corrected chi connectivity index (χ1v) is 9.44. The molecular formula is C20H25N7O2. The maximum atomic E-state index is 8.27. The van der Waals surface area contributed by atoms with Gasteiger partial charge in [-0.05, 0) is 45.9 Å². The predicted molar refractivity (Wildman–Crippen MR) is 112 cm³/mol. The SMILES string of the molecule is CCOc1ncccc1-c1cc(NCc2ncon2)c(NC(C)C)c(C(C)=N)n1.